The molecule has 2 aromatic carbocycles. The molecule has 0 aliphatic rings. The minimum atomic E-state index is -1.15. The van der Waals surface area contributed by atoms with Gasteiger partial charge in [0.15, 0.2) is 0 Å². The molecule has 0 aromatic heterocycles. The van der Waals surface area contributed by atoms with E-state index in [1.165, 1.54) is 12.1 Å². The molecule has 0 radical (unpaired) electrons. The van der Waals surface area contributed by atoms with Gasteiger partial charge in [-0.1, -0.05) is 0 Å². The Balaban J connectivity index is 2.19. The fraction of sp³-hybridized carbons (Fsp3) is 0. The third-order valence-corrected chi connectivity index (χ3v) is 3.93. The standard InChI is InChI=1S/C15H10N2O3Se/c16-9-21-11-7-5-10(6-8-11)17-14(18)12-3-1-2-4-13(12)15(19)20/h1-8H,(H,17,18)(H,19,20). The molecule has 2 rings (SSSR count). The topological polar surface area (TPSA) is 90.2 Å². The molecule has 0 aliphatic carbocycles. The summed E-state index contributed by atoms with van der Waals surface area (Å²) in [6, 6.07) is 12.9. The van der Waals surface area contributed by atoms with Gasteiger partial charge in [0.1, 0.15) is 0 Å². The zero-order valence-corrected chi connectivity index (χ0v) is 12.5. The van der Waals surface area contributed by atoms with Crippen LogP contribution in [0, 0.1) is 10.2 Å². The van der Waals surface area contributed by atoms with Crippen LogP contribution >= 0.6 is 0 Å². The van der Waals surface area contributed by atoms with E-state index in [1.54, 1.807) is 36.4 Å². The second kappa shape index (κ2) is 6.71. The maximum atomic E-state index is 12.1. The SMILES string of the molecule is N#C[Se]c1ccc(NC(=O)c2ccccc2C(=O)O)cc1. The number of hydrogen-bond acceptors (Lipinski definition) is 3. The number of benzene rings is 2. The predicted octanol–water partition coefficient (Wildman–Crippen LogP) is 1.45. The Labute approximate surface area is 127 Å². The normalized spacial score (nSPS) is 9.67. The van der Waals surface area contributed by atoms with Crippen molar-refractivity contribution >= 4 is 37.0 Å². The summed E-state index contributed by atoms with van der Waals surface area (Å²) in [6.45, 7) is 0. The molecule has 0 unspecified atom stereocenters. The zero-order chi connectivity index (χ0) is 15.2. The van der Waals surface area contributed by atoms with Gasteiger partial charge in [-0.2, -0.15) is 0 Å². The Bertz CT molecular complexity index is 720. The van der Waals surface area contributed by atoms with Crippen LogP contribution in [0.15, 0.2) is 48.5 Å². The summed E-state index contributed by atoms with van der Waals surface area (Å²) < 4.78 is 0.911. The number of amides is 1. The number of aromatic carboxylic acids is 1. The number of carbonyl (C=O) groups is 2. The molecule has 1 amide bonds. The van der Waals surface area contributed by atoms with Crippen LogP contribution in [0.5, 0.6) is 0 Å². The van der Waals surface area contributed by atoms with E-state index in [9.17, 15) is 9.59 Å². The first kappa shape index (κ1) is 14.8. The number of carbonyl (C=O) groups excluding carboxylic acids is 1. The van der Waals surface area contributed by atoms with Gasteiger partial charge in [0.05, 0.1) is 0 Å². The molecule has 2 N–H and O–H groups in total. The Hall–Kier alpha value is -2.61. The van der Waals surface area contributed by atoms with E-state index in [4.69, 9.17) is 10.4 Å². The van der Waals surface area contributed by atoms with Crippen LogP contribution in [0.1, 0.15) is 20.7 Å². The van der Waals surface area contributed by atoms with Gasteiger partial charge in [-0.15, -0.1) is 0 Å². The summed E-state index contributed by atoms with van der Waals surface area (Å²) in [4.78, 5) is 25.3. The third kappa shape index (κ3) is 3.69. The van der Waals surface area contributed by atoms with Gasteiger partial charge in [0.25, 0.3) is 0 Å². The van der Waals surface area contributed by atoms with Crippen molar-refractivity contribution in [1.82, 2.24) is 0 Å². The number of anilines is 1. The van der Waals surface area contributed by atoms with Crippen LogP contribution in [0.3, 0.4) is 0 Å². The van der Waals surface area contributed by atoms with Crippen LogP contribution < -0.4 is 9.78 Å². The fourth-order valence-corrected chi connectivity index (χ4v) is 2.52. The van der Waals surface area contributed by atoms with Crippen LogP contribution in [0.4, 0.5) is 5.69 Å². The van der Waals surface area contributed by atoms with Crippen molar-refractivity contribution in [3.05, 3.63) is 59.7 Å². The van der Waals surface area contributed by atoms with E-state index in [0.717, 1.165) is 4.46 Å². The Morgan fingerprint density at radius 3 is 2.24 bits per heavy atom. The van der Waals surface area contributed by atoms with Crippen molar-refractivity contribution < 1.29 is 14.7 Å². The van der Waals surface area contributed by atoms with Gasteiger partial charge in [-0.05, 0) is 0 Å². The molecule has 5 nitrogen and oxygen atoms in total. The van der Waals surface area contributed by atoms with Gasteiger partial charge in [-0.25, -0.2) is 0 Å². The molecule has 104 valence electrons. The van der Waals surface area contributed by atoms with E-state index in [1.807, 2.05) is 0 Å². The summed E-state index contributed by atoms with van der Waals surface area (Å²) in [6.07, 6.45) is 0. The van der Waals surface area contributed by atoms with Gasteiger partial charge in [0, 0.05) is 0 Å². The number of nitriles is 1. The Morgan fingerprint density at radius 1 is 1.05 bits per heavy atom. The van der Waals surface area contributed by atoms with Crippen LogP contribution in [0.25, 0.3) is 0 Å². The van der Waals surface area contributed by atoms with Crippen molar-refractivity contribution in [3.63, 3.8) is 0 Å². The van der Waals surface area contributed by atoms with Crippen molar-refractivity contribution in [2.24, 2.45) is 0 Å². The molecular weight excluding hydrogens is 335 g/mol. The molecule has 0 saturated carbocycles. The van der Waals surface area contributed by atoms with Crippen molar-refractivity contribution in [3.8, 4) is 4.97 Å². The summed E-state index contributed by atoms with van der Waals surface area (Å²) in [5, 5.41) is 20.3. The number of hydrogen-bond donors (Lipinski definition) is 2. The maximum absolute atomic E-state index is 12.1. The number of carboxylic acids is 1. The molecule has 0 heterocycles. The molecule has 0 bridgehead atoms. The predicted molar refractivity (Wildman–Crippen MR) is 78.8 cm³/mol. The van der Waals surface area contributed by atoms with Crippen LogP contribution in [-0.2, 0) is 0 Å². The Morgan fingerprint density at radius 2 is 1.67 bits per heavy atom. The van der Waals surface area contributed by atoms with Crippen LogP contribution in [-0.4, -0.2) is 31.9 Å². The second-order valence-electron chi connectivity index (χ2n) is 4.02. The second-order valence-corrected chi connectivity index (χ2v) is 5.82. The van der Waals surface area contributed by atoms with E-state index in [0.29, 0.717) is 5.69 Å². The average molecular weight is 345 g/mol. The van der Waals surface area contributed by atoms with Crippen molar-refractivity contribution in [2.45, 2.75) is 0 Å². The first-order valence-corrected chi connectivity index (χ1v) is 7.63. The molecule has 0 atom stereocenters. The summed E-state index contributed by atoms with van der Waals surface area (Å²) in [5.41, 5.74) is 0.618. The minimum absolute atomic E-state index is 0.0422. The molecule has 0 fully saturated rings. The van der Waals surface area contributed by atoms with Gasteiger partial charge < -0.3 is 0 Å². The van der Waals surface area contributed by atoms with Crippen molar-refractivity contribution in [1.29, 1.82) is 5.26 Å². The zero-order valence-electron chi connectivity index (χ0n) is 10.7. The molecule has 0 spiro atoms. The van der Waals surface area contributed by atoms with E-state index < -0.39 is 11.9 Å². The number of rotatable bonds is 4. The Kier molecular flexibility index (Phi) is 4.72. The van der Waals surface area contributed by atoms with Gasteiger partial charge in [0.2, 0.25) is 0 Å². The molecule has 0 aliphatic heterocycles. The average Bonchev–Trinajstić information content (AvgIpc) is 2.49. The third-order valence-electron chi connectivity index (χ3n) is 2.68. The quantitative estimate of drug-likeness (QED) is 0.821. The summed E-state index contributed by atoms with van der Waals surface area (Å²) >= 11 is -0.238. The van der Waals surface area contributed by atoms with E-state index >= 15 is 0 Å². The van der Waals surface area contributed by atoms with Gasteiger partial charge >= 0.3 is 127 Å². The molecular formula is C15H10N2O3Se. The number of nitrogens with zero attached hydrogens (tertiary/aromatic N) is 1. The monoisotopic (exact) mass is 346 g/mol. The van der Waals surface area contributed by atoms with E-state index in [2.05, 4.69) is 10.3 Å². The molecule has 6 heteroatoms. The van der Waals surface area contributed by atoms with E-state index in [-0.39, 0.29) is 26.1 Å². The summed E-state index contributed by atoms with van der Waals surface area (Å²) in [5.74, 6) is -1.63. The number of nitrogens with one attached hydrogen (secondary N) is 1. The first-order valence-electron chi connectivity index (χ1n) is 5.91. The molecule has 21 heavy (non-hydrogen) atoms. The number of carboxylic acid groups (broad SMARTS) is 1. The van der Waals surface area contributed by atoms with Crippen molar-refractivity contribution in [2.75, 3.05) is 5.32 Å². The summed E-state index contributed by atoms with van der Waals surface area (Å²) in [7, 11) is 0. The first-order chi connectivity index (χ1) is 10.1. The molecule has 2 aromatic rings. The fourth-order valence-electron chi connectivity index (χ4n) is 1.73. The molecule has 0 saturated heterocycles. The van der Waals surface area contributed by atoms with Crippen LogP contribution in [0.2, 0.25) is 0 Å². The van der Waals surface area contributed by atoms with Gasteiger partial charge in [-0.3, -0.25) is 0 Å².